The maximum Gasteiger partial charge on any atom is 0.573 e. The number of pyridine rings is 1. The number of halogens is 3. The number of nitrogens with zero attached hydrogens (tertiary/aromatic N) is 1. The molecule has 10 heteroatoms. The second-order valence-electron chi connectivity index (χ2n) is 7.96. The van der Waals surface area contributed by atoms with Crippen LogP contribution in [0.15, 0.2) is 71.8 Å². The quantitative estimate of drug-likeness (QED) is 0.499. The van der Waals surface area contributed by atoms with Gasteiger partial charge in [-0.05, 0) is 25.5 Å². The molecule has 0 aliphatic carbocycles. The minimum atomic E-state index is -4.90. The maximum absolute atomic E-state index is 13.0. The van der Waals surface area contributed by atoms with Crippen molar-refractivity contribution in [3.05, 3.63) is 99.5 Å². The Bertz CT molecular complexity index is 1250. The highest BCUT2D eigenvalue weighted by atomic mass is 19.4. The van der Waals surface area contributed by atoms with Gasteiger partial charge in [0.15, 0.2) is 0 Å². The number of hydrogen-bond acceptors (Lipinski definition) is 4. The van der Waals surface area contributed by atoms with Gasteiger partial charge in [-0.15, -0.1) is 13.2 Å². The van der Waals surface area contributed by atoms with Gasteiger partial charge in [-0.25, -0.2) is 0 Å². The molecule has 0 fully saturated rings. The summed E-state index contributed by atoms with van der Waals surface area (Å²) in [6.07, 6.45) is -2.21. The van der Waals surface area contributed by atoms with Crippen molar-refractivity contribution >= 4 is 11.8 Å². The minimum absolute atomic E-state index is 0.0686. The molecule has 0 saturated carbocycles. The van der Waals surface area contributed by atoms with Gasteiger partial charge in [0.05, 0.1) is 0 Å². The Kier molecular flexibility index (Phi) is 7.95. The van der Waals surface area contributed by atoms with Crippen molar-refractivity contribution in [2.75, 3.05) is 0 Å². The summed E-state index contributed by atoms with van der Waals surface area (Å²) in [7, 11) is 0. The molecule has 0 aliphatic heterocycles. The van der Waals surface area contributed by atoms with Crippen LogP contribution in [0.25, 0.3) is 0 Å². The van der Waals surface area contributed by atoms with Crippen molar-refractivity contribution in [3.63, 3.8) is 0 Å². The predicted molar refractivity (Wildman–Crippen MR) is 123 cm³/mol. The summed E-state index contributed by atoms with van der Waals surface area (Å²) in [6.45, 7) is 3.48. The molecule has 0 atom stereocenters. The van der Waals surface area contributed by atoms with Gasteiger partial charge in [-0.3, -0.25) is 14.4 Å². The average Bonchev–Trinajstić information content (AvgIpc) is 2.81. The molecular weight excluding hydrogens is 463 g/mol. The smallest absolute Gasteiger partial charge is 0.405 e. The number of carbonyl (C=O) groups excluding carboxylic acids is 2. The summed E-state index contributed by atoms with van der Waals surface area (Å²) in [5, 5.41) is 5.11. The van der Waals surface area contributed by atoms with Gasteiger partial charge in [0.1, 0.15) is 16.9 Å². The highest BCUT2D eigenvalue weighted by Crippen LogP contribution is 2.26. The van der Waals surface area contributed by atoms with Crippen molar-refractivity contribution < 1.29 is 27.5 Å². The number of carbonyl (C=O) groups is 2. The van der Waals surface area contributed by atoms with Crippen LogP contribution in [0.5, 0.6) is 5.75 Å². The second-order valence-corrected chi connectivity index (χ2v) is 7.96. The summed E-state index contributed by atoms with van der Waals surface area (Å²) >= 11 is 0. The SMILES string of the molecule is CC(C)n1cc(C(=O)NCc2ccccc2)c(=O)c(C(=O)NCc2ccccc2OC(F)(F)F)c1. The summed E-state index contributed by atoms with van der Waals surface area (Å²) in [4.78, 5) is 38.6. The number of hydrogen-bond donors (Lipinski definition) is 2. The van der Waals surface area contributed by atoms with E-state index >= 15 is 0 Å². The first-order valence-corrected chi connectivity index (χ1v) is 10.7. The Morgan fingerprint density at radius 3 is 2.00 bits per heavy atom. The van der Waals surface area contributed by atoms with Gasteiger partial charge in [0.2, 0.25) is 5.43 Å². The minimum Gasteiger partial charge on any atom is -0.405 e. The molecule has 0 bridgehead atoms. The number of ether oxygens (including phenoxy) is 1. The molecule has 0 saturated heterocycles. The zero-order chi connectivity index (χ0) is 25.6. The van der Waals surface area contributed by atoms with E-state index in [0.717, 1.165) is 11.6 Å². The van der Waals surface area contributed by atoms with Crippen LogP contribution in [-0.4, -0.2) is 22.7 Å². The van der Waals surface area contributed by atoms with E-state index in [0.29, 0.717) is 0 Å². The monoisotopic (exact) mass is 487 g/mol. The van der Waals surface area contributed by atoms with E-state index in [-0.39, 0.29) is 35.8 Å². The average molecular weight is 487 g/mol. The van der Waals surface area contributed by atoms with Crippen molar-refractivity contribution in [2.24, 2.45) is 0 Å². The van der Waals surface area contributed by atoms with Crippen LogP contribution in [0, 0.1) is 0 Å². The molecule has 0 spiro atoms. The van der Waals surface area contributed by atoms with Gasteiger partial charge in [0, 0.05) is 37.1 Å². The van der Waals surface area contributed by atoms with Crippen molar-refractivity contribution in [1.82, 2.24) is 15.2 Å². The fraction of sp³-hybridized carbons (Fsp3) is 0.240. The fourth-order valence-corrected chi connectivity index (χ4v) is 3.24. The van der Waals surface area contributed by atoms with E-state index in [9.17, 15) is 27.6 Å². The molecule has 2 amide bonds. The lowest BCUT2D eigenvalue weighted by atomic mass is 10.1. The van der Waals surface area contributed by atoms with Gasteiger partial charge >= 0.3 is 6.36 Å². The van der Waals surface area contributed by atoms with Crippen LogP contribution in [0.4, 0.5) is 13.2 Å². The highest BCUT2D eigenvalue weighted by molar-refractivity contribution is 5.99. The molecule has 0 radical (unpaired) electrons. The maximum atomic E-state index is 13.0. The number of para-hydroxylation sites is 1. The number of amides is 2. The van der Waals surface area contributed by atoms with Gasteiger partial charge in [-0.2, -0.15) is 0 Å². The standard InChI is InChI=1S/C25H24F3N3O4/c1-16(2)31-14-19(23(33)29-12-17-8-4-3-5-9-17)22(32)20(15-31)24(34)30-13-18-10-6-7-11-21(18)35-25(26,27)28/h3-11,14-16H,12-13H2,1-2H3,(H,29,33)(H,30,34). The molecule has 2 N–H and O–H groups in total. The molecule has 3 aromatic rings. The molecule has 7 nitrogen and oxygen atoms in total. The molecule has 3 rings (SSSR count). The third-order valence-electron chi connectivity index (χ3n) is 5.06. The number of rotatable bonds is 8. The molecule has 2 aromatic carbocycles. The van der Waals surface area contributed by atoms with Crippen LogP contribution < -0.4 is 20.8 Å². The summed E-state index contributed by atoms with van der Waals surface area (Å²) in [5.41, 5.74) is -0.411. The molecular formula is C25H24F3N3O4. The van der Waals surface area contributed by atoms with Gasteiger partial charge < -0.3 is 19.9 Å². The van der Waals surface area contributed by atoms with Gasteiger partial charge in [-0.1, -0.05) is 48.5 Å². The Hall–Kier alpha value is -4.08. The van der Waals surface area contributed by atoms with E-state index in [2.05, 4.69) is 15.4 Å². The summed E-state index contributed by atoms with van der Waals surface area (Å²) in [5.74, 6) is -1.94. The molecule has 1 heterocycles. The number of aromatic nitrogens is 1. The first kappa shape index (κ1) is 25.5. The van der Waals surface area contributed by atoms with Crippen LogP contribution in [0.1, 0.15) is 51.7 Å². The second kappa shape index (κ2) is 10.9. The Morgan fingerprint density at radius 2 is 1.43 bits per heavy atom. The van der Waals surface area contributed by atoms with Gasteiger partial charge in [0.25, 0.3) is 11.8 Å². The Morgan fingerprint density at radius 1 is 0.886 bits per heavy atom. The summed E-state index contributed by atoms with van der Waals surface area (Å²) < 4.78 is 43.5. The van der Waals surface area contributed by atoms with Crippen LogP contribution in [0.3, 0.4) is 0 Å². The lowest BCUT2D eigenvalue weighted by Crippen LogP contribution is -2.35. The third kappa shape index (κ3) is 6.95. The predicted octanol–water partition coefficient (Wildman–Crippen LogP) is 4.19. The van der Waals surface area contributed by atoms with E-state index in [4.69, 9.17) is 0 Å². The van der Waals surface area contributed by atoms with Crippen molar-refractivity contribution in [1.29, 1.82) is 0 Å². The largest absolute Gasteiger partial charge is 0.573 e. The summed E-state index contributed by atoms with van der Waals surface area (Å²) in [6, 6.07) is 14.3. The lowest BCUT2D eigenvalue weighted by molar-refractivity contribution is -0.274. The van der Waals surface area contributed by atoms with Crippen LogP contribution >= 0.6 is 0 Å². The van der Waals surface area contributed by atoms with E-state index in [1.165, 1.54) is 30.6 Å². The van der Waals surface area contributed by atoms with Crippen molar-refractivity contribution in [3.8, 4) is 5.75 Å². The zero-order valence-corrected chi connectivity index (χ0v) is 19.1. The highest BCUT2D eigenvalue weighted by Gasteiger charge is 2.32. The van der Waals surface area contributed by atoms with Crippen molar-refractivity contribution in [2.45, 2.75) is 39.3 Å². The Labute approximate surface area is 199 Å². The molecule has 35 heavy (non-hydrogen) atoms. The molecule has 184 valence electrons. The Balaban J connectivity index is 1.82. The molecule has 1 aromatic heterocycles. The molecule has 0 aliphatic rings. The van der Waals surface area contributed by atoms with E-state index < -0.39 is 29.4 Å². The van der Waals surface area contributed by atoms with E-state index in [1.54, 1.807) is 4.57 Å². The number of alkyl halides is 3. The van der Waals surface area contributed by atoms with Crippen LogP contribution in [-0.2, 0) is 13.1 Å². The lowest BCUT2D eigenvalue weighted by Gasteiger charge is -2.16. The van der Waals surface area contributed by atoms with E-state index in [1.807, 2.05) is 44.2 Å². The first-order chi connectivity index (χ1) is 16.5. The number of nitrogens with one attached hydrogen (secondary N) is 2. The van der Waals surface area contributed by atoms with Crippen LogP contribution in [0.2, 0.25) is 0 Å². The molecule has 0 unspecified atom stereocenters. The normalized spacial score (nSPS) is 11.3. The fourth-order valence-electron chi connectivity index (χ4n) is 3.24. The topological polar surface area (TPSA) is 89.4 Å². The number of benzene rings is 2. The zero-order valence-electron chi connectivity index (χ0n) is 19.1. The third-order valence-corrected chi connectivity index (χ3v) is 5.06. The first-order valence-electron chi connectivity index (χ1n) is 10.7.